The van der Waals surface area contributed by atoms with Crippen molar-refractivity contribution in [2.45, 2.75) is 18.6 Å². The molecule has 0 fully saturated rings. The van der Waals surface area contributed by atoms with Crippen molar-refractivity contribution in [2.24, 2.45) is 0 Å². The van der Waals surface area contributed by atoms with Crippen LogP contribution >= 0.6 is 23.2 Å². The van der Waals surface area contributed by atoms with Gasteiger partial charge in [-0.1, -0.05) is 23.7 Å². The number of alkyl halides is 1. The normalized spacial score (nSPS) is 14.4. The number of hydrogen-bond acceptors (Lipinski definition) is 3. The molecule has 0 saturated carbocycles. The van der Waals surface area contributed by atoms with Crippen molar-refractivity contribution in [1.82, 2.24) is 0 Å². The Bertz CT molecular complexity index is 408. The zero-order chi connectivity index (χ0) is 13.0. The molecule has 94 valence electrons. The Kier molecular flexibility index (Phi) is 5.21. The van der Waals surface area contributed by atoms with Gasteiger partial charge in [0.15, 0.2) is 0 Å². The first-order valence-corrected chi connectivity index (χ1v) is 5.84. The number of hydrogen-bond donors (Lipinski definition) is 3. The highest BCUT2D eigenvalue weighted by molar-refractivity contribution is 6.33. The van der Waals surface area contributed by atoms with Gasteiger partial charge in [0.25, 0.3) is 0 Å². The van der Waals surface area contributed by atoms with E-state index >= 15 is 0 Å². The van der Waals surface area contributed by atoms with Gasteiger partial charge in [-0.25, -0.2) is 4.79 Å². The third kappa shape index (κ3) is 3.33. The molecule has 0 radical (unpaired) electrons. The Morgan fingerprint density at radius 1 is 1.35 bits per heavy atom. The lowest BCUT2D eigenvalue weighted by Gasteiger charge is -2.19. The lowest BCUT2D eigenvalue weighted by atomic mass is 9.97. The van der Waals surface area contributed by atoms with Crippen LogP contribution in [0.3, 0.4) is 0 Å². The first-order chi connectivity index (χ1) is 7.99. The Morgan fingerprint density at radius 3 is 2.53 bits per heavy atom. The van der Waals surface area contributed by atoms with Gasteiger partial charge in [0.1, 0.15) is 6.10 Å². The van der Waals surface area contributed by atoms with E-state index in [1.807, 2.05) is 0 Å². The number of carboxylic acids is 1. The summed E-state index contributed by atoms with van der Waals surface area (Å²) in [5.74, 6) is -1.08. The number of carbonyl (C=O) groups is 1. The third-order valence-electron chi connectivity index (χ3n) is 2.35. The molecule has 4 nitrogen and oxygen atoms in total. The molecule has 0 heterocycles. The van der Waals surface area contributed by atoms with Crippen LogP contribution in [0.2, 0.25) is 5.02 Å². The first-order valence-electron chi connectivity index (χ1n) is 4.92. The zero-order valence-corrected chi connectivity index (χ0v) is 10.3. The van der Waals surface area contributed by atoms with Gasteiger partial charge < -0.3 is 15.3 Å². The number of aliphatic hydroxyl groups excluding tert-OH is 2. The summed E-state index contributed by atoms with van der Waals surface area (Å²) in [6, 6.07) is 4.34. The number of aromatic carboxylic acids is 1. The lowest BCUT2D eigenvalue weighted by molar-refractivity contribution is 0.0160. The molecule has 1 rings (SSSR count). The summed E-state index contributed by atoms with van der Waals surface area (Å²) < 4.78 is 0. The van der Waals surface area contributed by atoms with Crippen molar-refractivity contribution < 1.29 is 20.1 Å². The minimum absolute atomic E-state index is 0.0205. The van der Waals surface area contributed by atoms with Crippen LogP contribution in [0.15, 0.2) is 18.2 Å². The average molecular weight is 279 g/mol. The average Bonchev–Trinajstić information content (AvgIpc) is 2.27. The summed E-state index contributed by atoms with van der Waals surface area (Å²) in [7, 11) is 0. The first kappa shape index (κ1) is 14.3. The highest BCUT2D eigenvalue weighted by Crippen LogP contribution is 2.28. The van der Waals surface area contributed by atoms with E-state index < -0.39 is 18.2 Å². The Hall–Kier alpha value is -0.810. The highest BCUT2D eigenvalue weighted by atomic mass is 35.5. The quantitative estimate of drug-likeness (QED) is 0.721. The predicted molar refractivity (Wildman–Crippen MR) is 64.7 cm³/mol. The molecule has 1 aromatic rings. The summed E-state index contributed by atoms with van der Waals surface area (Å²) in [5, 5.41) is 28.5. The highest BCUT2D eigenvalue weighted by Gasteiger charge is 2.24. The third-order valence-corrected chi connectivity index (χ3v) is 2.88. The van der Waals surface area contributed by atoms with E-state index in [1.165, 1.54) is 18.2 Å². The number of rotatable bonds is 5. The van der Waals surface area contributed by atoms with Crippen LogP contribution in [0.4, 0.5) is 0 Å². The number of benzene rings is 1. The van der Waals surface area contributed by atoms with Gasteiger partial charge in [-0.05, 0) is 18.1 Å². The zero-order valence-electron chi connectivity index (χ0n) is 8.81. The molecular weight excluding hydrogens is 267 g/mol. The van der Waals surface area contributed by atoms with Crippen LogP contribution < -0.4 is 0 Å². The van der Waals surface area contributed by atoms with E-state index in [-0.39, 0.29) is 28.5 Å². The van der Waals surface area contributed by atoms with Gasteiger partial charge in [0, 0.05) is 5.88 Å². The van der Waals surface area contributed by atoms with Gasteiger partial charge in [0.2, 0.25) is 0 Å². The van der Waals surface area contributed by atoms with Gasteiger partial charge in [-0.15, -0.1) is 11.6 Å². The number of aliphatic hydroxyl groups is 2. The SMILES string of the molecule is O=C(O)c1c(Cl)cccc1C(O)C(O)CCCl. The molecule has 0 aliphatic carbocycles. The van der Waals surface area contributed by atoms with E-state index in [9.17, 15) is 15.0 Å². The van der Waals surface area contributed by atoms with Crippen molar-refractivity contribution in [1.29, 1.82) is 0 Å². The minimum atomic E-state index is -1.32. The van der Waals surface area contributed by atoms with Gasteiger partial charge in [-0.2, -0.15) is 0 Å². The maximum absolute atomic E-state index is 11.0. The fraction of sp³-hybridized carbons (Fsp3) is 0.364. The molecular formula is C11H12Cl2O4. The molecule has 2 atom stereocenters. The lowest BCUT2D eigenvalue weighted by Crippen LogP contribution is -2.21. The van der Waals surface area contributed by atoms with Gasteiger partial charge in [-0.3, -0.25) is 0 Å². The summed E-state index contributed by atoms with van der Waals surface area (Å²) >= 11 is 11.2. The maximum Gasteiger partial charge on any atom is 0.337 e. The summed E-state index contributed by atoms with van der Waals surface area (Å²) in [5.41, 5.74) is -0.113. The molecule has 1 aromatic carbocycles. The molecule has 0 aliphatic rings. The topological polar surface area (TPSA) is 77.8 Å². The van der Waals surface area contributed by atoms with E-state index in [2.05, 4.69) is 0 Å². The Labute approximate surface area is 108 Å². The molecule has 6 heteroatoms. The molecule has 0 aromatic heterocycles. The van der Waals surface area contributed by atoms with Crippen LogP contribution in [-0.4, -0.2) is 33.3 Å². The summed E-state index contributed by atoms with van der Waals surface area (Å²) in [4.78, 5) is 11.0. The second-order valence-electron chi connectivity index (χ2n) is 3.50. The summed E-state index contributed by atoms with van der Waals surface area (Å²) in [6.45, 7) is 0. The van der Waals surface area contributed by atoms with E-state index in [4.69, 9.17) is 28.3 Å². The van der Waals surface area contributed by atoms with E-state index in [0.717, 1.165) is 0 Å². The van der Waals surface area contributed by atoms with Crippen LogP contribution in [0.5, 0.6) is 0 Å². The summed E-state index contributed by atoms with van der Waals surface area (Å²) in [6.07, 6.45) is -2.28. The van der Waals surface area contributed by atoms with Gasteiger partial charge in [0.05, 0.1) is 16.7 Å². The number of halogens is 2. The fourth-order valence-electron chi connectivity index (χ4n) is 1.49. The largest absolute Gasteiger partial charge is 0.478 e. The van der Waals surface area contributed by atoms with Crippen molar-refractivity contribution in [3.05, 3.63) is 34.3 Å². The molecule has 2 unspecified atom stereocenters. The molecule has 0 bridgehead atoms. The fourth-order valence-corrected chi connectivity index (χ4v) is 1.98. The van der Waals surface area contributed by atoms with Crippen LogP contribution in [0.25, 0.3) is 0 Å². The van der Waals surface area contributed by atoms with Gasteiger partial charge >= 0.3 is 5.97 Å². The van der Waals surface area contributed by atoms with Crippen molar-refractivity contribution in [3.8, 4) is 0 Å². The minimum Gasteiger partial charge on any atom is -0.478 e. The standard InChI is InChI=1S/C11H12Cl2O4/c12-5-4-8(14)10(15)6-2-1-3-7(13)9(6)11(16)17/h1-3,8,10,14-15H,4-5H2,(H,16,17). The predicted octanol–water partition coefficient (Wildman–Crippen LogP) is 2.06. The van der Waals surface area contributed by atoms with E-state index in [1.54, 1.807) is 0 Å². The monoisotopic (exact) mass is 278 g/mol. The smallest absolute Gasteiger partial charge is 0.337 e. The Morgan fingerprint density at radius 2 is 2.00 bits per heavy atom. The van der Waals surface area contributed by atoms with Crippen LogP contribution in [0.1, 0.15) is 28.4 Å². The molecule has 0 saturated heterocycles. The second-order valence-corrected chi connectivity index (χ2v) is 4.28. The molecule has 3 N–H and O–H groups in total. The maximum atomic E-state index is 11.0. The van der Waals surface area contributed by atoms with Crippen molar-refractivity contribution >= 4 is 29.2 Å². The molecule has 0 aliphatic heterocycles. The molecule has 17 heavy (non-hydrogen) atoms. The number of carboxylic acid groups (broad SMARTS) is 1. The van der Waals surface area contributed by atoms with E-state index in [0.29, 0.717) is 0 Å². The van der Waals surface area contributed by atoms with Crippen molar-refractivity contribution in [2.75, 3.05) is 5.88 Å². The molecule has 0 amide bonds. The second kappa shape index (κ2) is 6.21. The Balaban J connectivity index is 3.13. The molecule has 0 spiro atoms. The van der Waals surface area contributed by atoms with Crippen LogP contribution in [0, 0.1) is 0 Å². The van der Waals surface area contributed by atoms with Crippen LogP contribution in [-0.2, 0) is 0 Å². The van der Waals surface area contributed by atoms with Crippen molar-refractivity contribution in [3.63, 3.8) is 0 Å².